The Morgan fingerprint density at radius 2 is 1.71 bits per heavy atom. The van der Waals surface area contributed by atoms with Crippen LogP contribution >= 0.6 is 11.6 Å². The largest absolute Gasteiger partial charge is 0.464 e. The summed E-state index contributed by atoms with van der Waals surface area (Å²) in [6.07, 6.45) is 2.69. The van der Waals surface area contributed by atoms with E-state index in [4.69, 9.17) is 16.0 Å². The van der Waals surface area contributed by atoms with Crippen LogP contribution in [0.3, 0.4) is 0 Å². The highest BCUT2D eigenvalue weighted by Crippen LogP contribution is 2.50. The quantitative estimate of drug-likeness (QED) is 0.410. The zero-order chi connectivity index (χ0) is 23.2. The van der Waals surface area contributed by atoms with Gasteiger partial charge >= 0.3 is 0 Å². The fraction of sp³-hybridized carbons (Fsp3) is 0.214. The van der Waals surface area contributed by atoms with E-state index in [1.807, 2.05) is 65.6 Å². The smallest absolute Gasteiger partial charge is 0.254 e. The van der Waals surface area contributed by atoms with Gasteiger partial charge in [0.15, 0.2) is 0 Å². The fourth-order valence-electron chi connectivity index (χ4n) is 5.29. The molecule has 1 aromatic heterocycles. The Kier molecular flexibility index (Phi) is 5.15. The summed E-state index contributed by atoms with van der Waals surface area (Å²) in [5.41, 5.74) is 3.57. The standard InChI is InChI=1S/C28H23ClN2O3/c29-24-10-4-3-7-19(24)18-6-1-2-8-22(18)28(33)31-16-17-14-23(17)25(31)15-30-27(32)21-9-5-11-26-20(21)12-13-34-26/h1-13,17,23,25H,14-16H2,(H,30,32)/t17-,23-,25-/m1/s1. The molecule has 34 heavy (non-hydrogen) atoms. The van der Waals surface area contributed by atoms with Crippen LogP contribution < -0.4 is 5.32 Å². The second kappa shape index (κ2) is 8.33. The molecule has 4 aromatic rings. The maximum absolute atomic E-state index is 13.7. The lowest BCUT2D eigenvalue weighted by atomic mass is 9.98. The molecule has 1 saturated heterocycles. The second-order valence-electron chi connectivity index (χ2n) is 9.06. The SMILES string of the molecule is O=C(NC[C@@H]1[C@@H]2C[C@@H]2CN1C(=O)c1ccccc1-c1ccccc1Cl)c1cccc2occc12. The molecule has 1 aliphatic heterocycles. The molecule has 0 unspecified atom stereocenters. The zero-order valence-corrected chi connectivity index (χ0v) is 19.2. The minimum Gasteiger partial charge on any atom is -0.464 e. The third-order valence-corrected chi connectivity index (χ3v) is 7.43. The number of fused-ring (bicyclic) bond motifs is 2. The van der Waals surface area contributed by atoms with Gasteiger partial charge in [-0.05, 0) is 54.2 Å². The van der Waals surface area contributed by atoms with Gasteiger partial charge in [-0.15, -0.1) is 0 Å². The van der Waals surface area contributed by atoms with Gasteiger partial charge in [-0.2, -0.15) is 0 Å². The molecule has 0 bridgehead atoms. The summed E-state index contributed by atoms with van der Waals surface area (Å²) in [4.78, 5) is 28.7. The molecular weight excluding hydrogens is 448 g/mol. The fourth-order valence-corrected chi connectivity index (χ4v) is 5.53. The molecule has 170 valence electrons. The number of likely N-dealkylation sites (tertiary alicyclic amines) is 1. The summed E-state index contributed by atoms with van der Waals surface area (Å²) in [6, 6.07) is 22.4. The summed E-state index contributed by atoms with van der Waals surface area (Å²) in [7, 11) is 0. The number of halogens is 1. The third-order valence-electron chi connectivity index (χ3n) is 7.10. The molecular formula is C28H23ClN2O3. The molecule has 6 rings (SSSR count). The minimum atomic E-state index is -0.153. The number of furan rings is 1. The lowest BCUT2D eigenvalue weighted by Gasteiger charge is -2.29. The zero-order valence-electron chi connectivity index (χ0n) is 18.4. The summed E-state index contributed by atoms with van der Waals surface area (Å²) < 4.78 is 5.42. The van der Waals surface area contributed by atoms with Crippen molar-refractivity contribution in [2.45, 2.75) is 12.5 Å². The topological polar surface area (TPSA) is 62.6 Å². The first-order valence-electron chi connectivity index (χ1n) is 11.5. The van der Waals surface area contributed by atoms with Crippen molar-refractivity contribution in [2.24, 2.45) is 11.8 Å². The summed E-state index contributed by atoms with van der Waals surface area (Å²) in [5.74, 6) is 0.774. The predicted octanol–water partition coefficient (Wildman–Crippen LogP) is 5.64. The first kappa shape index (κ1) is 21.0. The molecule has 0 radical (unpaired) electrons. The summed E-state index contributed by atoms with van der Waals surface area (Å²) in [6.45, 7) is 1.15. The van der Waals surface area contributed by atoms with Crippen molar-refractivity contribution in [1.29, 1.82) is 0 Å². The number of rotatable bonds is 5. The van der Waals surface area contributed by atoms with Crippen molar-refractivity contribution >= 4 is 34.4 Å². The molecule has 5 nitrogen and oxygen atoms in total. The number of amides is 2. The first-order chi connectivity index (χ1) is 16.6. The Morgan fingerprint density at radius 1 is 0.941 bits per heavy atom. The molecule has 2 amide bonds. The van der Waals surface area contributed by atoms with E-state index < -0.39 is 0 Å². The number of nitrogens with one attached hydrogen (secondary N) is 1. The second-order valence-corrected chi connectivity index (χ2v) is 9.47. The highest BCUT2D eigenvalue weighted by atomic mass is 35.5. The van der Waals surface area contributed by atoms with Crippen LogP contribution in [0.25, 0.3) is 22.1 Å². The van der Waals surface area contributed by atoms with E-state index in [2.05, 4.69) is 5.32 Å². The van der Waals surface area contributed by atoms with Crippen molar-refractivity contribution in [3.8, 4) is 11.1 Å². The first-order valence-corrected chi connectivity index (χ1v) is 11.9. The van der Waals surface area contributed by atoms with Gasteiger partial charge in [0.25, 0.3) is 11.8 Å². The Balaban J connectivity index is 1.24. The van der Waals surface area contributed by atoms with Gasteiger partial charge < -0.3 is 14.6 Å². The average molecular weight is 471 g/mol. The number of carbonyl (C=O) groups is 2. The molecule has 2 fully saturated rings. The third kappa shape index (κ3) is 3.57. The number of carbonyl (C=O) groups excluding carboxylic acids is 2. The van der Waals surface area contributed by atoms with E-state index in [1.165, 1.54) is 0 Å². The van der Waals surface area contributed by atoms with Crippen LogP contribution in [0.15, 0.2) is 83.5 Å². The van der Waals surface area contributed by atoms with Gasteiger partial charge in [-0.25, -0.2) is 0 Å². The monoisotopic (exact) mass is 470 g/mol. The lowest BCUT2D eigenvalue weighted by Crippen LogP contribution is -2.45. The summed E-state index contributed by atoms with van der Waals surface area (Å²) in [5, 5.41) is 4.48. The van der Waals surface area contributed by atoms with Crippen molar-refractivity contribution in [3.63, 3.8) is 0 Å². The van der Waals surface area contributed by atoms with E-state index in [0.717, 1.165) is 29.5 Å². The van der Waals surface area contributed by atoms with E-state index in [-0.39, 0.29) is 17.9 Å². The van der Waals surface area contributed by atoms with Gasteiger partial charge in [0.1, 0.15) is 5.58 Å². The number of hydrogen-bond donors (Lipinski definition) is 1. The van der Waals surface area contributed by atoms with Gasteiger partial charge in [-0.3, -0.25) is 9.59 Å². The normalized spacial score (nSPS) is 20.9. The lowest BCUT2D eigenvalue weighted by molar-refractivity contribution is 0.0695. The van der Waals surface area contributed by atoms with E-state index in [0.29, 0.717) is 40.1 Å². The molecule has 3 aromatic carbocycles. The molecule has 6 heteroatoms. The van der Waals surface area contributed by atoms with Crippen LogP contribution in [0.5, 0.6) is 0 Å². The Morgan fingerprint density at radius 3 is 2.56 bits per heavy atom. The van der Waals surface area contributed by atoms with Gasteiger partial charge in [0.2, 0.25) is 0 Å². The molecule has 2 heterocycles. The molecule has 3 atom stereocenters. The van der Waals surface area contributed by atoms with E-state index in [9.17, 15) is 9.59 Å². The molecule has 2 aliphatic rings. The molecule has 0 spiro atoms. The number of hydrogen-bond acceptors (Lipinski definition) is 3. The predicted molar refractivity (Wildman–Crippen MR) is 132 cm³/mol. The minimum absolute atomic E-state index is 0.0149. The van der Waals surface area contributed by atoms with Crippen LogP contribution in [0, 0.1) is 11.8 Å². The Labute approximate surface area is 202 Å². The van der Waals surface area contributed by atoms with Crippen molar-refractivity contribution in [2.75, 3.05) is 13.1 Å². The molecule has 1 saturated carbocycles. The van der Waals surface area contributed by atoms with Crippen LogP contribution in [0.2, 0.25) is 5.02 Å². The molecule has 1 N–H and O–H groups in total. The maximum atomic E-state index is 13.7. The van der Waals surface area contributed by atoms with Crippen molar-refractivity contribution in [3.05, 3.63) is 95.2 Å². The number of piperidine rings is 1. The molecule has 1 aliphatic carbocycles. The van der Waals surface area contributed by atoms with Crippen LogP contribution in [-0.4, -0.2) is 35.8 Å². The number of nitrogens with zero attached hydrogens (tertiary/aromatic N) is 1. The van der Waals surface area contributed by atoms with Gasteiger partial charge in [0, 0.05) is 34.6 Å². The van der Waals surface area contributed by atoms with Crippen molar-refractivity contribution < 1.29 is 14.0 Å². The highest BCUT2D eigenvalue weighted by molar-refractivity contribution is 6.33. The summed E-state index contributed by atoms with van der Waals surface area (Å²) >= 11 is 6.45. The average Bonchev–Trinajstić information content (AvgIpc) is 3.29. The van der Waals surface area contributed by atoms with Crippen LogP contribution in [0.1, 0.15) is 27.1 Å². The van der Waals surface area contributed by atoms with Crippen LogP contribution in [-0.2, 0) is 0 Å². The van der Waals surface area contributed by atoms with Gasteiger partial charge in [0.05, 0.1) is 17.9 Å². The Hall–Kier alpha value is -3.57. The van der Waals surface area contributed by atoms with Crippen molar-refractivity contribution in [1.82, 2.24) is 10.2 Å². The Bertz CT molecular complexity index is 1410. The van der Waals surface area contributed by atoms with E-state index >= 15 is 0 Å². The maximum Gasteiger partial charge on any atom is 0.254 e. The van der Waals surface area contributed by atoms with Gasteiger partial charge in [-0.1, -0.05) is 54.1 Å². The van der Waals surface area contributed by atoms with Crippen LogP contribution in [0.4, 0.5) is 0 Å². The highest BCUT2D eigenvalue weighted by Gasteiger charge is 2.54. The number of benzene rings is 3. The van der Waals surface area contributed by atoms with E-state index in [1.54, 1.807) is 18.4 Å².